The molecule has 0 bridgehead atoms. The lowest BCUT2D eigenvalue weighted by molar-refractivity contribution is 0.0267. The molecule has 0 amide bonds. The predicted octanol–water partition coefficient (Wildman–Crippen LogP) is 0.822. The Kier molecular flexibility index (Phi) is 2.26. The van der Waals surface area contributed by atoms with Crippen molar-refractivity contribution in [3.8, 4) is 12.5 Å². The Morgan fingerprint density at radius 2 is 2.25 bits per heavy atom. The highest BCUT2D eigenvalue weighted by molar-refractivity contribution is 4.82. The van der Waals surface area contributed by atoms with E-state index in [2.05, 4.69) is 11.7 Å². The molecule has 0 aromatic rings. The Balaban J connectivity index is 3.28. The zero-order chi connectivity index (χ0) is 6.62. The van der Waals surface area contributed by atoms with E-state index in [1.54, 1.807) is 0 Å². The van der Waals surface area contributed by atoms with E-state index in [0.29, 0.717) is 0 Å². The molecule has 0 rings (SSSR count). The summed E-state index contributed by atoms with van der Waals surface area (Å²) in [6.45, 7) is 0.348. The van der Waals surface area contributed by atoms with E-state index in [4.69, 9.17) is 0 Å². The summed E-state index contributed by atoms with van der Waals surface area (Å²) in [6, 6.07) is 1.89. The minimum atomic E-state index is -2.70. The van der Waals surface area contributed by atoms with Crippen LogP contribution in [0.5, 0.6) is 0 Å². The van der Waals surface area contributed by atoms with Gasteiger partial charge in [-0.2, -0.15) is 0 Å². The molecule has 1 N–H and O–H groups in total. The monoisotopic (exact) mass is 119 g/mol. The second kappa shape index (κ2) is 2.51. The number of nitrogens with one attached hydrogen (secondary N) is 1. The molecule has 0 heterocycles. The van der Waals surface area contributed by atoms with E-state index in [1.807, 2.05) is 6.04 Å². The van der Waals surface area contributed by atoms with E-state index >= 15 is 0 Å². The van der Waals surface area contributed by atoms with Crippen LogP contribution in [-0.2, 0) is 0 Å². The molecule has 0 radical (unpaired) electrons. The Bertz CT molecular complexity index is 98.0. The van der Waals surface area contributed by atoms with Crippen LogP contribution in [0.4, 0.5) is 8.78 Å². The van der Waals surface area contributed by atoms with Crippen LogP contribution in [0.1, 0.15) is 6.92 Å². The van der Waals surface area contributed by atoms with Gasteiger partial charge in [0.2, 0.25) is 0 Å². The maximum atomic E-state index is 11.8. The van der Waals surface area contributed by atoms with Gasteiger partial charge in [-0.3, -0.25) is 0 Å². The lowest BCUT2D eigenvalue weighted by atomic mass is 10.4. The third-order valence-electron chi connectivity index (χ3n) is 0.501. The zero-order valence-electron chi connectivity index (χ0n) is 4.54. The Morgan fingerprint density at radius 3 is 2.38 bits per heavy atom. The van der Waals surface area contributed by atoms with Crippen LogP contribution in [0.15, 0.2) is 0 Å². The average molecular weight is 119 g/mol. The zero-order valence-corrected chi connectivity index (χ0v) is 4.54. The Morgan fingerprint density at radius 1 is 1.75 bits per heavy atom. The second-order valence-electron chi connectivity index (χ2n) is 1.57. The summed E-state index contributed by atoms with van der Waals surface area (Å²) in [4.78, 5) is 0. The van der Waals surface area contributed by atoms with Crippen molar-refractivity contribution in [1.82, 2.24) is 5.32 Å². The van der Waals surface area contributed by atoms with E-state index in [1.165, 1.54) is 0 Å². The van der Waals surface area contributed by atoms with Gasteiger partial charge in [0.15, 0.2) is 0 Å². The number of halogens is 2. The van der Waals surface area contributed by atoms with Crippen LogP contribution in [0, 0.1) is 12.5 Å². The summed E-state index contributed by atoms with van der Waals surface area (Å²) in [7, 11) is 0. The molecule has 8 heavy (non-hydrogen) atoms. The molecule has 0 aliphatic rings. The highest BCUT2D eigenvalue weighted by Crippen LogP contribution is 2.07. The lowest BCUT2D eigenvalue weighted by Crippen LogP contribution is -2.26. The third kappa shape index (κ3) is 5.22. The summed E-state index contributed by atoms with van der Waals surface area (Å²) in [5.74, 6) is -2.70. The highest BCUT2D eigenvalue weighted by atomic mass is 19.3. The Labute approximate surface area is 47.1 Å². The van der Waals surface area contributed by atoms with Gasteiger partial charge >= 0.3 is 0 Å². The first-order valence-electron chi connectivity index (χ1n) is 2.12. The summed E-state index contributed by atoms with van der Waals surface area (Å²) >= 11 is 0. The van der Waals surface area contributed by atoms with Gasteiger partial charge in [0.25, 0.3) is 5.92 Å². The Hall–Kier alpha value is -0.780. The van der Waals surface area contributed by atoms with Crippen molar-refractivity contribution in [2.75, 3.05) is 6.54 Å². The van der Waals surface area contributed by atoms with E-state index < -0.39 is 12.5 Å². The summed E-state index contributed by atoms with van der Waals surface area (Å²) in [5.41, 5.74) is 0. The average Bonchev–Trinajstić information content (AvgIpc) is 1.59. The van der Waals surface area contributed by atoms with Crippen molar-refractivity contribution in [3.05, 3.63) is 0 Å². The van der Waals surface area contributed by atoms with Crippen molar-refractivity contribution in [2.24, 2.45) is 0 Å². The predicted molar refractivity (Wildman–Crippen MR) is 27.5 cm³/mol. The van der Waals surface area contributed by atoms with Crippen LogP contribution >= 0.6 is 0 Å². The number of hydrogen-bond acceptors (Lipinski definition) is 1. The van der Waals surface area contributed by atoms with Gasteiger partial charge in [0.1, 0.15) is 0 Å². The molecule has 0 aromatic heterocycles. The molecule has 0 aliphatic carbocycles. The van der Waals surface area contributed by atoms with E-state index in [0.717, 1.165) is 6.92 Å². The second-order valence-corrected chi connectivity index (χ2v) is 1.57. The van der Waals surface area contributed by atoms with Crippen molar-refractivity contribution >= 4 is 0 Å². The molecular formula is C5H7F2N. The molecule has 3 heteroatoms. The number of rotatable bonds is 2. The van der Waals surface area contributed by atoms with Crippen LogP contribution in [0.2, 0.25) is 0 Å². The maximum absolute atomic E-state index is 11.8. The summed E-state index contributed by atoms with van der Waals surface area (Å²) in [5, 5.41) is 2.07. The fourth-order valence-corrected chi connectivity index (χ4v) is 0.206. The molecule has 0 spiro atoms. The highest BCUT2D eigenvalue weighted by Gasteiger charge is 2.18. The fraction of sp³-hybridized carbons (Fsp3) is 0.600. The number of hydrogen-bond donors (Lipinski definition) is 1. The third-order valence-corrected chi connectivity index (χ3v) is 0.501. The minimum absolute atomic E-state index is 0.455. The quantitative estimate of drug-likeness (QED) is 0.419. The summed E-state index contributed by atoms with van der Waals surface area (Å²) in [6.07, 6.45) is 4.64. The van der Waals surface area contributed by atoms with Crippen LogP contribution in [0.3, 0.4) is 0 Å². The van der Waals surface area contributed by atoms with Gasteiger partial charge in [-0.15, -0.1) is 0 Å². The molecule has 46 valence electrons. The van der Waals surface area contributed by atoms with Crippen LogP contribution in [-0.4, -0.2) is 12.5 Å². The van der Waals surface area contributed by atoms with E-state index in [9.17, 15) is 8.78 Å². The lowest BCUT2D eigenvalue weighted by Gasteiger charge is -2.06. The molecule has 0 aliphatic heterocycles. The fourth-order valence-electron chi connectivity index (χ4n) is 0.206. The van der Waals surface area contributed by atoms with Crippen molar-refractivity contribution in [1.29, 1.82) is 0 Å². The molecule has 0 atom stereocenters. The molecule has 0 unspecified atom stereocenters. The topological polar surface area (TPSA) is 12.0 Å². The van der Waals surface area contributed by atoms with Gasteiger partial charge in [-0.1, -0.05) is 6.42 Å². The van der Waals surface area contributed by atoms with Gasteiger partial charge in [0.05, 0.1) is 6.54 Å². The van der Waals surface area contributed by atoms with Gasteiger partial charge in [-0.05, 0) is 0 Å². The largest absolute Gasteiger partial charge is 0.340 e. The van der Waals surface area contributed by atoms with Crippen molar-refractivity contribution in [2.45, 2.75) is 12.8 Å². The number of alkyl halides is 2. The molecule has 0 saturated carbocycles. The first kappa shape index (κ1) is 7.22. The minimum Gasteiger partial charge on any atom is -0.340 e. The number of terminal acetylenes is 1. The maximum Gasteiger partial charge on any atom is 0.262 e. The first-order chi connectivity index (χ1) is 3.56. The van der Waals surface area contributed by atoms with Gasteiger partial charge < -0.3 is 5.32 Å². The van der Waals surface area contributed by atoms with Crippen molar-refractivity contribution in [3.63, 3.8) is 0 Å². The normalized spacial score (nSPS) is 10.2. The smallest absolute Gasteiger partial charge is 0.262 e. The first-order valence-corrected chi connectivity index (χ1v) is 2.12. The SMILES string of the molecule is C#CNCC(C)(F)F. The van der Waals surface area contributed by atoms with Crippen molar-refractivity contribution < 1.29 is 8.78 Å². The molecule has 0 aromatic carbocycles. The standard InChI is InChI=1S/C5H7F2N/c1-3-8-4-5(2,6)7/h1,8H,4H2,2H3. The molecular weight excluding hydrogens is 112 g/mol. The van der Waals surface area contributed by atoms with Crippen LogP contribution < -0.4 is 5.32 Å². The van der Waals surface area contributed by atoms with E-state index in [-0.39, 0.29) is 0 Å². The molecule has 1 nitrogen and oxygen atoms in total. The molecule has 0 fully saturated rings. The van der Waals surface area contributed by atoms with Crippen LogP contribution in [0.25, 0.3) is 0 Å². The van der Waals surface area contributed by atoms with Gasteiger partial charge in [0, 0.05) is 13.0 Å². The molecule has 0 saturated heterocycles. The summed E-state index contributed by atoms with van der Waals surface area (Å²) < 4.78 is 23.5. The van der Waals surface area contributed by atoms with Gasteiger partial charge in [-0.25, -0.2) is 8.78 Å².